The average molecular weight is 439 g/mol. The Balaban J connectivity index is 1.61. The van der Waals surface area contributed by atoms with Crippen molar-refractivity contribution in [3.8, 4) is 0 Å². The first kappa shape index (κ1) is 23.5. The lowest BCUT2D eigenvalue weighted by Crippen LogP contribution is -2.50. The van der Waals surface area contributed by atoms with E-state index < -0.39 is 18.1 Å². The summed E-state index contributed by atoms with van der Waals surface area (Å²) in [6.07, 6.45) is 1.36. The predicted molar refractivity (Wildman–Crippen MR) is 120 cm³/mol. The van der Waals surface area contributed by atoms with Gasteiger partial charge >= 0.3 is 11.9 Å². The quantitative estimate of drug-likeness (QED) is 0.524. The van der Waals surface area contributed by atoms with Gasteiger partial charge in [-0.15, -0.1) is 0 Å². The molecule has 7 nitrogen and oxygen atoms in total. The Morgan fingerprint density at radius 2 is 1.69 bits per heavy atom. The van der Waals surface area contributed by atoms with Gasteiger partial charge in [-0.05, 0) is 24.0 Å². The highest BCUT2D eigenvalue weighted by atomic mass is 16.5. The first-order valence-electron chi connectivity index (χ1n) is 11.0. The summed E-state index contributed by atoms with van der Waals surface area (Å²) < 4.78 is 10.7. The highest BCUT2D eigenvalue weighted by Gasteiger charge is 2.37. The number of ether oxygens (including phenoxy) is 2. The molecule has 170 valence electrons. The van der Waals surface area contributed by atoms with Crippen LogP contribution in [0.25, 0.3) is 0 Å². The molecule has 1 fully saturated rings. The smallest absolute Gasteiger partial charge is 0.323 e. The largest absolute Gasteiger partial charge is 0.465 e. The lowest BCUT2D eigenvalue weighted by molar-refractivity contribution is -0.146. The third-order valence-corrected chi connectivity index (χ3v) is 5.30. The fourth-order valence-corrected chi connectivity index (χ4v) is 3.67. The van der Waals surface area contributed by atoms with E-state index in [0.29, 0.717) is 13.0 Å². The lowest BCUT2D eigenvalue weighted by atomic mass is 10.0. The van der Waals surface area contributed by atoms with Crippen LogP contribution < -0.4 is 10.6 Å². The number of benzene rings is 2. The summed E-state index contributed by atoms with van der Waals surface area (Å²) in [5.41, 5.74) is 1.88. The zero-order chi connectivity index (χ0) is 22.8. The van der Waals surface area contributed by atoms with Gasteiger partial charge in [-0.3, -0.25) is 19.7 Å². The van der Waals surface area contributed by atoms with Crippen LogP contribution in [0.3, 0.4) is 0 Å². The molecule has 0 saturated carbocycles. The van der Waals surface area contributed by atoms with E-state index in [1.165, 1.54) is 0 Å². The van der Waals surface area contributed by atoms with E-state index in [-0.39, 0.29) is 37.4 Å². The minimum atomic E-state index is -0.621. The molecule has 0 spiro atoms. The summed E-state index contributed by atoms with van der Waals surface area (Å²) in [4.78, 5) is 37.2. The molecule has 32 heavy (non-hydrogen) atoms. The summed E-state index contributed by atoms with van der Waals surface area (Å²) in [6, 6.07) is 17.6. The maximum Gasteiger partial charge on any atom is 0.323 e. The van der Waals surface area contributed by atoms with Crippen molar-refractivity contribution in [3.05, 3.63) is 71.8 Å². The fraction of sp³-hybridized carbons (Fsp3) is 0.400. The molecule has 0 aliphatic carbocycles. The molecule has 1 heterocycles. The zero-order valence-electron chi connectivity index (χ0n) is 18.3. The molecule has 1 aliphatic heterocycles. The number of hydrogen-bond acceptors (Lipinski definition) is 6. The molecule has 1 saturated heterocycles. The molecular weight excluding hydrogens is 408 g/mol. The van der Waals surface area contributed by atoms with E-state index in [9.17, 15) is 14.4 Å². The van der Waals surface area contributed by atoms with Gasteiger partial charge in [-0.1, -0.05) is 67.6 Å². The molecule has 2 aromatic rings. The molecule has 0 unspecified atom stereocenters. The maximum atomic E-state index is 12.7. The number of carbonyl (C=O) groups excluding carboxylic acids is 3. The van der Waals surface area contributed by atoms with Crippen molar-refractivity contribution < 1.29 is 23.9 Å². The topological polar surface area (TPSA) is 93.7 Å². The highest BCUT2D eigenvalue weighted by Crippen LogP contribution is 2.16. The van der Waals surface area contributed by atoms with Gasteiger partial charge in [-0.25, -0.2) is 0 Å². The first-order valence-corrected chi connectivity index (χ1v) is 11.0. The van der Waals surface area contributed by atoms with Crippen LogP contribution in [-0.4, -0.2) is 42.6 Å². The number of carbonyl (C=O) groups is 3. The van der Waals surface area contributed by atoms with Gasteiger partial charge in [0.15, 0.2) is 0 Å². The van der Waals surface area contributed by atoms with E-state index in [0.717, 1.165) is 17.5 Å². The van der Waals surface area contributed by atoms with Crippen molar-refractivity contribution in [2.24, 2.45) is 0 Å². The molecule has 3 rings (SSSR count). The van der Waals surface area contributed by atoms with E-state index in [2.05, 4.69) is 10.6 Å². The Morgan fingerprint density at radius 3 is 2.34 bits per heavy atom. The number of nitrogens with one attached hydrogen (secondary N) is 2. The van der Waals surface area contributed by atoms with E-state index in [1.807, 2.05) is 67.6 Å². The molecule has 2 N–H and O–H groups in total. The van der Waals surface area contributed by atoms with Crippen molar-refractivity contribution in [2.75, 3.05) is 6.61 Å². The standard InChI is InChI=1S/C25H30N2O5/c1-2-13-31-25(30)22(14-18-9-5-3-6-10-18)26-20-15-23(28)27-21(20)16-24(29)32-17-19-11-7-4-8-12-19/h3-12,20-22,26H,2,13-17H2,1H3,(H,27,28)/t20-,21+,22-/m0/s1. The van der Waals surface area contributed by atoms with Crippen LogP contribution in [0.4, 0.5) is 0 Å². The number of hydrogen-bond donors (Lipinski definition) is 2. The van der Waals surface area contributed by atoms with Crippen LogP contribution in [0, 0.1) is 0 Å². The van der Waals surface area contributed by atoms with Crippen molar-refractivity contribution >= 4 is 17.8 Å². The van der Waals surface area contributed by atoms with Crippen molar-refractivity contribution in [1.29, 1.82) is 0 Å². The molecule has 0 bridgehead atoms. The minimum absolute atomic E-state index is 0.0261. The molecule has 3 atom stereocenters. The SMILES string of the molecule is CCCOC(=O)[C@H](Cc1ccccc1)N[C@H]1CC(=O)N[C@@H]1CC(=O)OCc1ccccc1. The summed E-state index contributed by atoms with van der Waals surface area (Å²) in [7, 11) is 0. The van der Waals surface area contributed by atoms with Gasteiger partial charge < -0.3 is 14.8 Å². The average Bonchev–Trinajstić information content (AvgIpc) is 3.15. The molecule has 0 radical (unpaired) electrons. The fourth-order valence-electron chi connectivity index (χ4n) is 3.67. The zero-order valence-corrected chi connectivity index (χ0v) is 18.3. The summed E-state index contributed by atoms with van der Waals surface area (Å²) in [5.74, 6) is -0.926. The summed E-state index contributed by atoms with van der Waals surface area (Å²) in [5, 5.41) is 6.10. The lowest BCUT2D eigenvalue weighted by Gasteiger charge is -2.25. The third kappa shape index (κ3) is 7.20. The number of amides is 1. The van der Waals surface area contributed by atoms with E-state index in [1.54, 1.807) is 0 Å². The Labute approximate surface area is 188 Å². The van der Waals surface area contributed by atoms with Crippen LogP contribution in [0.2, 0.25) is 0 Å². The number of rotatable bonds is 11. The Morgan fingerprint density at radius 1 is 1.03 bits per heavy atom. The van der Waals surface area contributed by atoms with Crippen LogP contribution in [0.15, 0.2) is 60.7 Å². The molecule has 7 heteroatoms. The van der Waals surface area contributed by atoms with Gasteiger partial charge in [0, 0.05) is 12.5 Å². The maximum absolute atomic E-state index is 12.7. The Kier molecular flexibility index (Phi) is 8.80. The van der Waals surface area contributed by atoms with Gasteiger partial charge in [0.05, 0.1) is 19.1 Å². The van der Waals surface area contributed by atoms with Crippen LogP contribution in [-0.2, 0) is 36.9 Å². The van der Waals surface area contributed by atoms with E-state index >= 15 is 0 Å². The summed E-state index contributed by atoms with van der Waals surface area (Å²) >= 11 is 0. The van der Waals surface area contributed by atoms with Crippen LogP contribution >= 0.6 is 0 Å². The van der Waals surface area contributed by atoms with Crippen molar-refractivity contribution in [2.45, 2.75) is 57.3 Å². The summed E-state index contributed by atoms with van der Waals surface area (Å²) in [6.45, 7) is 2.45. The molecule has 2 aromatic carbocycles. The molecule has 0 aromatic heterocycles. The van der Waals surface area contributed by atoms with E-state index in [4.69, 9.17) is 9.47 Å². The predicted octanol–water partition coefficient (Wildman–Crippen LogP) is 2.53. The second kappa shape index (κ2) is 12.0. The molecular formula is C25H30N2O5. The molecule has 1 amide bonds. The van der Waals surface area contributed by atoms with Crippen molar-refractivity contribution in [3.63, 3.8) is 0 Å². The third-order valence-electron chi connectivity index (χ3n) is 5.30. The Hall–Kier alpha value is -3.19. The second-order valence-electron chi connectivity index (χ2n) is 7.91. The number of esters is 2. The normalized spacial score (nSPS) is 18.6. The van der Waals surface area contributed by atoms with Crippen molar-refractivity contribution in [1.82, 2.24) is 10.6 Å². The van der Waals surface area contributed by atoms with Gasteiger partial charge in [-0.2, -0.15) is 0 Å². The van der Waals surface area contributed by atoms with Gasteiger partial charge in [0.1, 0.15) is 12.6 Å². The Bertz CT molecular complexity index is 888. The van der Waals surface area contributed by atoms with Crippen LogP contribution in [0.5, 0.6) is 0 Å². The van der Waals surface area contributed by atoms with Gasteiger partial charge in [0.2, 0.25) is 5.91 Å². The monoisotopic (exact) mass is 438 g/mol. The van der Waals surface area contributed by atoms with Gasteiger partial charge in [0.25, 0.3) is 0 Å². The minimum Gasteiger partial charge on any atom is -0.465 e. The molecule has 1 aliphatic rings. The highest BCUT2D eigenvalue weighted by molar-refractivity contribution is 5.82. The first-order chi connectivity index (χ1) is 15.5. The van der Waals surface area contributed by atoms with Crippen LogP contribution in [0.1, 0.15) is 37.3 Å². The second-order valence-corrected chi connectivity index (χ2v) is 7.91.